The molecular formula is C18H29Cl2N3O. The number of nitrogens with zero attached hydrogens (tertiary/aromatic N) is 1. The largest absolute Gasteiger partial charge is 0.367 e. The van der Waals surface area contributed by atoms with E-state index < -0.39 is 5.54 Å². The Morgan fingerprint density at radius 2 is 1.92 bits per heavy atom. The van der Waals surface area contributed by atoms with Crippen molar-refractivity contribution in [1.82, 2.24) is 5.32 Å². The Morgan fingerprint density at radius 3 is 2.62 bits per heavy atom. The number of para-hydroxylation sites is 1. The third-order valence-corrected chi connectivity index (χ3v) is 5.18. The van der Waals surface area contributed by atoms with Crippen LogP contribution in [0.2, 0.25) is 0 Å². The van der Waals surface area contributed by atoms with Gasteiger partial charge in [0.2, 0.25) is 5.91 Å². The molecule has 2 aliphatic rings. The zero-order valence-corrected chi connectivity index (χ0v) is 15.9. The van der Waals surface area contributed by atoms with Crippen LogP contribution in [0, 0.1) is 0 Å². The van der Waals surface area contributed by atoms with Gasteiger partial charge in [0.1, 0.15) is 0 Å². The van der Waals surface area contributed by atoms with Gasteiger partial charge in [-0.25, -0.2) is 0 Å². The molecule has 0 radical (unpaired) electrons. The lowest BCUT2D eigenvalue weighted by atomic mass is 9.82. The van der Waals surface area contributed by atoms with Crippen LogP contribution in [-0.4, -0.2) is 30.6 Å². The number of fused-ring (bicyclic) bond motifs is 1. The summed E-state index contributed by atoms with van der Waals surface area (Å²) in [6.07, 6.45) is 6.07. The van der Waals surface area contributed by atoms with E-state index in [1.807, 2.05) is 0 Å². The fourth-order valence-corrected chi connectivity index (χ4v) is 3.85. The van der Waals surface area contributed by atoms with Gasteiger partial charge in [-0.2, -0.15) is 0 Å². The maximum absolute atomic E-state index is 12.4. The highest BCUT2D eigenvalue weighted by Gasteiger charge is 2.35. The third-order valence-electron chi connectivity index (χ3n) is 5.18. The van der Waals surface area contributed by atoms with E-state index in [9.17, 15) is 4.79 Å². The highest BCUT2D eigenvalue weighted by atomic mass is 35.5. The number of carbonyl (C=O) groups excluding carboxylic acids is 1. The van der Waals surface area contributed by atoms with Crippen LogP contribution < -0.4 is 16.0 Å². The predicted molar refractivity (Wildman–Crippen MR) is 104 cm³/mol. The average molecular weight is 374 g/mol. The van der Waals surface area contributed by atoms with Crippen molar-refractivity contribution in [2.24, 2.45) is 5.73 Å². The van der Waals surface area contributed by atoms with E-state index in [0.29, 0.717) is 12.6 Å². The summed E-state index contributed by atoms with van der Waals surface area (Å²) < 4.78 is 0. The molecule has 0 saturated heterocycles. The second-order valence-electron chi connectivity index (χ2n) is 6.85. The van der Waals surface area contributed by atoms with Crippen LogP contribution in [0.5, 0.6) is 0 Å². The average Bonchev–Trinajstić information content (AvgIpc) is 2.84. The van der Waals surface area contributed by atoms with Gasteiger partial charge < -0.3 is 16.0 Å². The number of carbonyl (C=O) groups is 1. The van der Waals surface area contributed by atoms with Crippen molar-refractivity contribution in [3.8, 4) is 0 Å². The molecule has 1 atom stereocenters. The molecule has 6 heteroatoms. The fraction of sp³-hybridized carbons (Fsp3) is 0.611. The van der Waals surface area contributed by atoms with Crippen LogP contribution in [0.1, 0.15) is 44.6 Å². The number of halogens is 2. The van der Waals surface area contributed by atoms with Crippen LogP contribution >= 0.6 is 24.8 Å². The predicted octanol–water partition coefficient (Wildman–Crippen LogP) is 3.06. The number of nitrogens with one attached hydrogen (secondary N) is 1. The maximum Gasteiger partial charge on any atom is 0.240 e. The molecule has 1 aromatic carbocycles. The quantitative estimate of drug-likeness (QED) is 0.852. The molecule has 1 aliphatic carbocycles. The van der Waals surface area contributed by atoms with E-state index in [1.165, 1.54) is 17.7 Å². The second kappa shape index (κ2) is 8.93. The Kier molecular flexibility index (Phi) is 7.84. The summed E-state index contributed by atoms with van der Waals surface area (Å²) in [5, 5.41) is 3.07. The van der Waals surface area contributed by atoms with Crippen molar-refractivity contribution < 1.29 is 4.79 Å². The van der Waals surface area contributed by atoms with Crippen molar-refractivity contribution >= 4 is 36.4 Å². The summed E-state index contributed by atoms with van der Waals surface area (Å²) in [4.78, 5) is 14.8. The molecule has 1 unspecified atom stereocenters. The molecule has 0 spiro atoms. The van der Waals surface area contributed by atoms with Gasteiger partial charge in [-0.3, -0.25) is 4.79 Å². The molecule has 4 nitrogen and oxygen atoms in total. The maximum atomic E-state index is 12.4. The molecule has 3 N–H and O–H groups in total. The van der Waals surface area contributed by atoms with Crippen LogP contribution in [0.15, 0.2) is 24.3 Å². The first-order valence-electron chi connectivity index (χ1n) is 8.52. The van der Waals surface area contributed by atoms with Crippen molar-refractivity contribution in [2.45, 2.75) is 57.0 Å². The van der Waals surface area contributed by atoms with E-state index in [1.54, 1.807) is 0 Å². The minimum absolute atomic E-state index is 0. The van der Waals surface area contributed by atoms with E-state index in [0.717, 1.165) is 38.6 Å². The van der Waals surface area contributed by atoms with Gasteiger partial charge in [0.05, 0.1) is 5.54 Å². The first kappa shape index (κ1) is 21.1. The summed E-state index contributed by atoms with van der Waals surface area (Å²) >= 11 is 0. The second-order valence-corrected chi connectivity index (χ2v) is 6.85. The molecular weight excluding hydrogens is 345 g/mol. The first-order chi connectivity index (χ1) is 10.6. The van der Waals surface area contributed by atoms with Gasteiger partial charge in [-0.05, 0) is 37.8 Å². The molecule has 1 amide bonds. The van der Waals surface area contributed by atoms with Crippen LogP contribution in [0.4, 0.5) is 5.69 Å². The molecule has 0 bridgehead atoms. The lowest BCUT2D eigenvalue weighted by Gasteiger charge is -2.32. The normalized spacial score (nSPS) is 21.2. The molecule has 24 heavy (non-hydrogen) atoms. The lowest BCUT2D eigenvalue weighted by Crippen LogP contribution is -2.56. The van der Waals surface area contributed by atoms with Crippen molar-refractivity contribution in [3.05, 3.63) is 29.8 Å². The minimum Gasteiger partial charge on any atom is -0.367 e. The van der Waals surface area contributed by atoms with Crippen molar-refractivity contribution in [3.63, 3.8) is 0 Å². The van der Waals surface area contributed by atoms with Crippen LogP contribution in [0.3, 0.4) is 0 Å². The molecule has 136 valence electrons. The topological polar surface area (TPSA) is 58.4 Å². The molecule has 3 rings (SSSR count). The van der Waals surface area contributed by atoms with E-state index >= 15 is 0 Å². The van der Waals surface area contributed by atoms with E-state index in [4.69, 9.17) is 5.73 Å². The van der Waals surface area contributed by atoms with Gasteiger partial charge in [-0.15, -0.1) is 24.8 Å². The Labute approximate surface area is 157 Å². The number of hydrogen-bond donors (Lipinski definition) is 2. The van der Waals surface area contributed by atoms with Gasteiger partial charge in [0, 0.05) is 24.8 Å². The van der Waals surface area contributed by atoms with E-state index in [2.05, 4.69) is 41.4 Å². The van der Waals surface area contributed by atoms with Crippen molar-refractivity contribution in [2.75, 3.05) is 18.0 Å². The number of nitrogens with two attached hydrogens (primary N) is 1. The Morgan fingerprint density at radius 1 is 1.25 bits per heavy atom. The van der Waals surface area contributed by atoms with Crippen molar-refractivity contribution in [1.29, 1.82) is 0 Å². The molecule has 1 fully saturated rings. The van der Waals surface area contributed by atoms with Crippen LogP contribution in [-0.2, 0) is 11.2 Å². The summed E-state index contributed by atoms with van der Waals surface area (Å²) in [7, 11) is 0. The smallest absolute Gasteiger partial charge is 0.240 e. The number of hydrogen-bond acceptors (Lipinski definition) is 3. The summed E-state index contributed by atoms with van der Waals surface area (Å²) in [6, 6.07) is 9.04. The van der Waals surface area contributed by atoms with E-state index in [-0.39, 0.29) is 30.7 Å². The number of anilines is 1. The summed E-state index contributed by atoms with van der Waals surface area (Å²) in [5.41, 5.74) is 8.36. The molecule has 1 saturated carbocycles. The standard InChI is InChI=1S/C18H27N3O.2ClH/c1-14-13-15-7-3-4-8-16(15)21(14)12-11-20-17(22)18(19)9-5-2-6-10-18;;/h3-4,7-8,14H,2,5-6,9-13,19H2,1H3,(H,20,22);2*1H. The Bertz CT molecular complexity index is 547. The minimum atomic E-state index is -0.632. The third kappa shape index (κ3) is 4.35. The zero-order chi connectivity index (χ0) is 15.6. The summed E-state index contributed by atoms with van der Waals surface area (Å²) in [6.45, 7) is 3.75. The summed E-state index contributed by atoms with van der Waals surface area (Å²) in [5.74, 6) is 0.0346. The zero-order valence-electron chi connectivity index (χ0n) is 14.3. The molecule has 0 aromatic heterocycles. The lowest BCUT2D eigenvalue weighted by molar-refractivity contribution is -0.127. The highest BCUT2D eigenvalue weighted by Crippen LogP contribution is 2.31. The van der Waals surface area contributed by atoms with Crippen LogP contribution in [0.25, 0.3) is 0 Å². The monoisotopic (exact) mass is 373 g/mol. The number of benzene rings is 1. The Balaban J connectivity index is 0.00000144. The molecule has 1 heterocycles. The fourth-order valence-electron chi connectivity index (χ4n) is 3.85. The molecule has 1 aliphatic heterocycles. The highest BCUT2D eigenvalue weighted by molar-refractivity contribution is 5.86. The van der Waals surface area contributed by atoms with Gasteiger partial charge in [0.15, 0.2) is 0 Å². The number of amides is 1. The Hall–Kier alpha value is -0.970. The van der Waals surface area contributed by atoms with Gasteiger partial charge in [0.25, 0.3) is 0 Å². The molecule has 1 aromatic rings. The van der Waals surface area contributed by atoms with Gasteiger partial charge in [-0.1, -0.05) is 37.5 Å². The van der Waals surface area contributed by atoms with Gasteiger partial charge >= 0.3 is 0 Å². The number of rotatable bonds is 4. The first-order valence-corrected chi connectivity index (χ1v) is 8.52. The SMILES string of the molecule is CC1Cc2ccccc2N1CCNC(=O)C1(N)CCCCC1.Cl.Cl.